The fourth-order valence-corrected chi connectivity index (χ4v) is 4.63. The smallest absolute Gasteiger partial charge is 0.258 e. The minimum absolute atomic E-state index is 0.0399. The van der Waals surface area contributed by atoms with Crippen LogP contribution in [-0.4, -0.2) is 71.4 Å². The molecule has 6 rings (SSSR count). The second kappa shape index (κ2) is 11.5. The number of carbonyl (C=O) groups is 3. The number of ether oxygens (including phenoxy) is 3. The second-order valence-electron chi connectivity index (χ2n) is 9.58. The SMILES string of the molecule is COc1ccc2cc1OCC(=O)NCc1ccc(cc1)O[C@H]1CN(C(=O)CCn3ccc(C)n3)C[C@@H]1NC2=O. The maximum atomic E-state index is 13.3. The molecule has 204 valence electrons. The maximum absolute atomic E-state index is 13.3. The Morgan fingerprint density at radius 3 is 2.69 bits per heavy atom. The van der Waals surface area contributed by atoms with Crippen LogP contribution < -0.4 is 24.8 Å². The van der Waals surface area contributed by atoms with Gasteiger partial charge in [-0.25, -0.2) is 0 Å². The van der Waals surface area contributed by atoms with Crippen LogP contribution in [0.15, 0.2) is 54.7 Å². The molecule has 1 fully saturated rings. The number of aryl methyl sites for hydroxylation is 2. The van der Waals surface area contributed by atoms with Crippen molar-refractivity contribution in [2.75, 3.05) is 26.8 Å². The average molecular weight is 534 g/mol. The largest absolute Gasteiger partial charge is 0.493 e. The molecule has 4 heterocycles. The van der Waals surface area contributed by atoms with Gasteiger partial charge in [0, 0.05) is 37.8 Å². The number of likely N-dealkylation sites (tertiary alicyclic amines) is 1. The van der Waals surface area contributed by atoms with Crippen LogP contribution in [0.5, 0.6) is 17.2 Å². The van der Waals surface area contributed by atoms with Crippen molar-refractivity contribution in [1.82, 2.24) is 25.3 Å². The quantitative estimate of drug-likeness (QED) is 0.523. The first-order valence-electron chi connectivity index (χ1n) is 12.8. The molecule has 2 atom stereocenters. The van der Waals surface area contributed by atoms with Crippen molar-refractivity contribution in [3.05, 3.63) is 71.5 Å². The number of aromatic nitrogens is 2. The molecule has 0 radical (unpaired) electrons. The normalized spacial score (nSPS) is 19.3. The molecular formula is C28H31N5O6. The third kappa shape index (κ3) is 6.31. The monoisotopic (exact) mass is 533 g/mol. The van der Waals surface area contributed by atoms with Crippen LogP contribution in [0.4, 0.5) is 0 Å². The van der Waals surface area contributed by atoms with Crippen LogP contribution in [0.1, 0.15) is 28.0 Å². The number of amides is 3. The summed E-state index contributed by atoms with van der Waals surface area (Å²) >= 11 is 0. The standard InChI is InChI=1S/C28H31N5O6/c1-18-9-11-33(31-18)12-10-27(35)32-15-22-25(16-32)39-21-6-3-19(4-7-21)14-29-26(34)17-38-24-13-20(28(36)30-22)5-8-23(24)37-2/h3-9,11,13,22,25H,10,12,14-17H2,1-2H3,(H,29,34)(H,30,36)/t22-,25-/m0/s1. The van der Waals surface area contributed by atoms with Gasteiger partial charge >= 0.3 is 0 Å². The first-order valence-corrected chi connectivity index (χ1v) is 12.8. The number of nitrogens with one attached hydrogen (secondary N) is 2. The molecule has 3 amide bonds. The fraction of sp³-hybridized carbons (Fsp3) is 0.357. The third-order valence-electron chi connectivity index (χ3n) is 6.75. The molecule has 3 aliphatic heterocycles. The van der Waals surface area contributed by atoms with Crippen LogP contribution in [0.3, 0.4) is 0 Å². The molecular weight excluding hydrogens is 502 g/mol. The Morgan fingerprint density at radius 1 is 1.13 bits per heavy atom. The van der Waals surface area contributed by atoms with Crippen molar-refractivity contribution in [3.8, 4) is 17.2 Å². The van der Waals surface area contributed by atoms with Crippen molar-refractivity contribution in [2.24, 2.45) is 0 Å². The molecule has 11 heteroatoms. The van der Waals surface area contributed by atoms with Gasteiger partial charge in [-0.2, -0.15) is 5.10 Å². The summed E-state index contributed by atoms with van der Waals surface area (Å²) in [6.45, 7) is 3.10. The van der Waals surface area contributed by atoms with E-state index < -0.39 is 12.1 Å². The summed E-state index contributed by atoms with van der Waals surface area (Å²) in [5.41, 5.74) is 2.12. The summed E-state index contributed by atoms with van der Waals surface area (Å²) in [5, 5.41) is 10.2. The lowest BCUT2D eigenvalue weighted by Gasteiger charge is -2.21. The van der Waals surface area contributed by atoms with Crippen LogP contribution in [-0.2, 0) is 22.7 Å². The van der Waals surface area contributed by atoms with E-state index in [0.29, 0.717) is 43.2 Å². The van der Waals surface area contributed by atoms with Crippen LogP contribution in [0.25, 0.3) is 0 Å². The third-order valence-corrected chi connectivity index (χ3v) is 6.75. The molecule has 2 aromatic carbocycles. The lowest BCUT2D eigenvalue weighted by molar-refractivity contribution is -0.130. The molecule has 4 bridgehead atoms. The number of carbonyl (C=O) groups excluding carboxylic acids is 3. The summed E-state index contributed by atoms with van der Waals surface area (Å²) in [4.78, 5) is 40.4. The van der Waals surface area contributed by atoms with Gasteiger partial charge in [0.05, 0.1) is 25.4 Å². The van der Waals surface area contributed by atoms with Crippen LogP contribution >= 0.6 is 0 Å². The molecule has 0 aliphatic carbocycles. The van der Waals surface area contributed by atoms with Crippen molar-refractivity contribution in [1.29, 1.82) is 0 Å². The number of methoxy groups -OCH3 is 1. The van der Waals surface area contributed by atoms with Crippen LogP contribution in [0.2, 0.25) is 0 Å². The topological polar surface area (TPSA) is 124 Å². The molecule has 3 aromatic rings. The molecule has 0 spiro atoms. The van der Waals surface area contributed by atoms with Crippen LogP contribution in [0, 0.1) is 6.92 Å². The zero-order chi connectivity index (χ0) is 27.4. The van der Waals surface area contributed by atoms with Gasteiger partial charge in [0.25, 0.3) is 11.8 Å². The second-order valence-corrected chi connectivity index (χ2v) is 9.58. The van der Waals surface area contributed by atoms with E-state index in [1.54, 1.807) is 21.7 Å². The van der Waals surface area contributed by atoms with E-state index in [2.05, 4.69) is 15.7 Å². The predicted molar refractivity (Wildman–Crippen MR) is 141 cm³/mol. The summed E-state index contributed by atoms with van der Waals surface area (Å²) in [6.07, 6.45) is 1.68. The number of hydrogen-bond donors (Lipinski definition) is 2. The van der Waals surface area contributed by atoms with Crippen molar-refractivity contribution >= 4 is 17.7 Å². The lowest BCUT2D eigenvalue weighted by Crippen LogP contribution is -2.45. The number of benzene rings is 2. The zero-order valence-electron chi connectivity index (χ0n) is 21.9. The van der Waals surface area contributed by atoms with Gasteiger partial charge in [-0.1, -0.05) is 12.1 Å². The van der Waals surface area contributed by atoms with Crippen molar-refractivity contribution in [3.63, 3.8) is 0 Å². The molecule has 2 N–H and O–H groups in total. The molecule has 3 aliphatic rings. The van der Waals surface area contributed by atoms with Gasteiger partial charge in [-0.3, -0.25) is 19.1 Å². The van der Waals surface area contributed by atoms with Gasteiger partial charge in [-0.05, 0) is 48.9 Å². The summed E-state index contributed by atoms with van der Waals surface area (Å²) < 4.78 is 19.0. The average Bonchev–Trinajstić information content (AvgIpc) is 3.54. The van der Waals surface area contributed by atoms with Gasteiger partial charge in [0.1, 0.15) is 11.9 Å². The molecule has 11 nitrogen and oxygen atoms in total. The minimum Gasteiger partial charge on any atom is -0.493 e. The summed E-state index contributed by atoms with van der Waals surface area (Å²) in [5.74, 6) is 0.583. The highest BCUT2D eigenvalue weighted by atomic mass is 16.5. The van der Waals surface area contributed by atoms with E-state index in [1.807, 2.05) is 43.5 Å². The lowest BCUT2D eigenvalue weighted by atomic mass is 10.1. The number of hydrogen-bond acceptors (Lipinski definition) is 7. The number of rotatable bonds is 4. The Balaban J connectivity index is 1.37. The maximum Gasteiger partial charge on any atom is 0.258 e. The molecule has 1 aromatic heterocycles. The molecule has 0 saturated carbocycles. The minimum atomic E-state index is -0.458. The van der Waals surface area contributed by atoms with Gasteiger partial charge in [-0.15, -0.1) is 0 Å². The Labute approximate surface area is 226 Å². The van der Waals surface area contributed by atoms with E-state index in [9.17, 15) is 14.4 Å². The van der Waals surface area contributed by atoms with E-state index in [4.69, 9.17) is 14.2 Å². The highest BCUT2D eigenvalue weighted by molar-refractivity contribution is 5.95. The van der Waals surface area contributed by atoms with E-state index in [-0.39, 0.29) is 36.5 Å². The fourth-order valence-electron chi connectivity index (χ4n) is 4.63. The summed E-state index contributed by atoms with van der Waals surface area (Å²) in [6, 6.07) is 13.6. The molecule has 39 heavy (non-hydrogen) atoms. The van der Waals surface area contributed by atoms with E-state index in [0.717, 1.165) is 11.3 Å². The van der Waals surface area contributed by atoms with E-state index in [1.165, 1.54) is 13.2 Å². The Kier molecular flexibility index (Phi) is 7.67. The predicted octanol–water partition coefficient (Wildman–Crippen LogP) is 1.69. The van der Waals surface area contributed by atoms with Crippen molar-refractivity contribution < 1.29 is 28.6 Å². The highest BCUT2D eigenvalue weighted by Crippen LogP contribution is 2.28. The molecule has 1 saturated heterocycles. The van der Waals surface area contributed by atoms with Crippen molar-refractivity contribution in [2.45, 2.75) is 38.6 Å². The number of fused-ring (bicyclic) bond motifs is 7. The first kappa shape index (κ1) is 26.1. The van der Waals surface area contributed by atoms with Gasteiger partial charge < -0.3 is 29.7 Å². The summed E-state index contributed by atoms with van der Waals surface area (Å²) in [7, 11) is 1.49. The number of nitrogens with zero attached hydrogens (tertiary/aromatic N) is 3. The Morgan fingerprint density at radius 2 is 1.95 bits per heavy atom. The van der Waals surface area contributed by atoms with E-state index >= 15 is 0 Å². The Bertz CT molecular complexity index is 1350. The van der Waals surface area contributed by atoms with Gasteiger partial charge in [0.15, 0.2) is 18.1 Å². The Hall–Kier alpha value is -4.54. The highest BCUT2D eigenvalue weighted by Gasteiger charge is 2.38. The van der Waals surface area contributed by atoms with Gasteiger partial charge in [0.2, 0.25) is 5.91 Å². The first-order chi connectivity index (χ1) is 18.9. The molecule has 0 unspecified atom stereocenters. The zero-order valence-corrected chi connectivity index (χ0v) is 21.9.